The number of carbonyl (C=O) groups is 1. The van der Waals surface area contributed by atoms with Crippen LogP contribution in [0, 0.1) is 5.92 Å². The summed E-state index contributed by atoms with van der Waals surface area (Å²) < 4.78 is 0. The molecule has 15 heavy (non-hydrogen) atoms. The van der Waals surface area contributed by atoms with Crippen molar-refractivity contribution < 1.29 is 9.90 Å². The summed E-state index contributed by atoms with van der Waals surface area (Å²) in [6.45, 7) is 6.16. The molecule has 1 saturated carbocycles. The van der Waals surface area contributed by atoms with E-state index in [0.717, 1.165) is 17.1 Å². The Labute approximate surface area is 93.2 Å². The molecule has 0 saturated heterocycles. The molecule has 82 valence electrons. The van der Waals surface area contributed by atoms with Crippen molar-refractivity contribution in [2.75, 3.05) is 0 Å². The first-order valence-corrected chi connectivity index (χ1v) is 6.06. The monoisotopic (exact) mass is 225 g/mol. The van der Waals surface area contributed by atoms with E-state index in [1.54, 1.807) is 0 Å². The molecule has 1 aromatic rings. The normalized spacial score (nSPS) is 24.5. The van der Waals surface area contributed by atoms with Crippen LogP contribution < -0.4 is 0 Å². The summed E-state index contributed by atoms with van der Waals surface area (Å²) in [5.74, 6) is 0.546. The minimum atomic E-state index is -0.837. The smallest absolute Gasteiger partial charge is 0.347 e. The summed E-state index contributed by atoms with van der Waals surface area (Å²) in [4.78, 5) is 15.9. The van der Waals surface area contributed by atoms with E-state index in [4.69, 9.17) is 5.11 Å². The van der Waals surface area contributed by atoms with Crippen molar-refractivity contribution in [1.29, 1.82) is 0 Å². The molecule has 4 heteroatoms. The number of aromatic carboxylic acids is 1. The number of hydrogen-bond donors (Lipinski definition) is 1. The van der Waals surface area contributed by atoms with Gasteiger partial charge in [0, 0.05) is 5.92 Å². The lowest BCUT2D eigenvalue weighted by molar-refractivity contribution is 0.0700. The third kappa shape index (κ3) is 1.91. The summed E-state index contributed by atoms with van der Waals surface area (Å²) in [7, 11) is 0. The van der Waals surface area contributed by atoms with Crippen molar-refractivity contribution in [3.8, 4) is 0 Å². The zero-order valence-electron chi connectivity index (χ0n) is 9.15. The number of thiazole rings is 1. The van der Waals surface area contributed by atoms with Gasteiger partial charge in [-0.25, -0.2) is 9.78 Å². The Morgan fingerprint density at radius 3 is 2.53 bits per heavy atom. The van der Waals surface area contributed by atoms with Gasteiger partial charge in [0.2, 0.25) is 0 Å². The quantitative estimate of drug-likeness (QED) is 0.860. The van der Waals surface area contributed by atoms with E-state index in [1.807, 2.05) is 13.8 Å². The molecule has 3 nitrogen and oxygen atoms in total. The molecule has 0 bridgehead atoms. The van der Waals surface area contributed by atoms with E-state index in [0.29, 0.717) is 16.7 Å². The highest BCUT2D eigenvalue weighted by Crippen LogP contribution is 2.49. The molecule has 1 fully saturated rings. The van der Waals surface area contributed by atoms with Gasteiger partial charge in [-0.3, -0.25) is 0 Å². The Hall–Kier alpha value is -0.900. The first-order valence-electron chi connectivity index (χ1n) is 5.24. The molecule has 1 N–H and O–H groups in total. The lowest BCUT2D eigenvalue weighted by Gasteiger charge is -2.00. The molecule has 2 atom stereocenters. The minimum absolute atomic E-state index is 0.190. The highest BCUT2D eigenvalue weighted by atomic mass is 32.1. The molecule has 1 aliphatic carbocycles. The van der Waals surface area contributed by atoms with E-state index in [2.05, 4.69) is 11.9 Å². The molecule has 1 aliphatic rings. The van der Waals surface area contributed by atoms with Gasteiger partial charge in [-0.15, -0.1) is 11.3 Å². The maximum atomic E-state index is 11.0. The van der Waals surface area contributed by atoms with E-state index in [9.17, 15) is 4.79 Å². The molecular formula is C11H15NO2S. The Morgan fingerprint density at radius 2 is 2.20 bits per heavy atom. The number of carboxylic acids is 1. The maximum absolute atomic E-state index is 11.0. The molecule has 0 aliphatic heterocycles. The van der Waals surface area contributed by atoms with Crippen LogP contribution >= 0.6 is 11.3 Å². The highest BCUT2D eigenvalue weighted by molar-refractivity contribution is 7.13. The van der Waals surface area contributed by atoms with E-state index < -0.39 is 5.97 Å². The standard InChI is InChI=1S/C11H15NO2S/c1-5(2)8-9(11(13)14)15-10(12-8)7-4-6(7)3/h5-7H,4H2,1-3H3,(H,13,14). The molecule has 0 aromatic carbocycles. The molecule has 0 amide bonds. The zero-order valence-corrected chi connectivity index (χ0v) is 9.97. The third-order valence-corrected chi connectivity index (χ3v) is 4.03. The van der Waals surface area contributed by atoms with Crippen LogP contribution in [0.2, 0.25) is 0 Å². The Kier molecular flexibility index (Phi) is 2.54. The van der Waals surface area contributed by atoms with Crippen molar-refractivity contribution in [3.05, 3.63) is 15.6 Å². The van der Waals surface area contributed by atoms with Gasteiger partial charge in [0.25, 0.3) is 0 Å². The van der Waals surface area contributed by atoms with Crippen molar-refractivity contribution in [2.45, 2.75) is 39.0 Å². The third-order valence-electron chi connectivity index (χ3n) is 2.84. The summed E-state index contributed by atoms with van der Waals surface area (Å²) in [5.41, 5.74) is 0.751. The average Bonchev–Trinajstić information content (AvgIpc) is 2.72. The van der Waals surface area contributed by atoms with Crippen molar-refractivity contribution >= 4 is 17.3 Å². The Balaban J connectivity index is 2.36. The second kappa shape index (κ2) is 3.59. The molecule has 2 unspecified atom stereocenters. The van der Waals surface area contributed by atoms with E-state index in [1.165, 1.54) is 11.3 Å². The number of aromatic nitrogens is 1. The fraction of sp³-hybridized carbons (Fsp3) is 0.636. The number of hydrogen-bond acceptors (Lipinski definition) is 3. The SMILES string of the molecule is CC(C)c1nc(C2CC2C)sc1C(=O)O. The van der Waals surface area contributed by atoms with Gasteiger partial charge < -0.3 is 5.11 Å². The van der Waals surface area contributed by atoms with Crippen molar-refractivity contribution in [3.63, 3.8) is 0 Å². The number of nitrogens with zero attached hydrogens (tertiary/aromatic N) is 1. The van der Waals surface area contributed by atoms with Crippen LogP contribution in [0.3, 0.4) is 0 Å². The Bertz CT molecular complexity index is 397. The van der Waals surface area contributed by atoms with Gasteiger partial charge in [0.15, 0.2) is 0 Å². The molecule has 1 aromatic heterocycles. The van der Waals surface area contributed by atoms with Gasteiger partial charge in [-0.1, -0.05) is 20.8 Å². The van der Waals surface area contributed by atoms with Crippen LogP contribution in [0.15, 0.2) is 0 Å². The lowest BCUT2D eigenvalue weighted by Crippen LogP contribution is -2.00. The molecule has 1 heterocycles. The van der Waals surface area contributed by atoms with Crippen molar-refractivity contribution in [2.24, 2.45) is 5.92 Å². The van der Waals surface area contributed by atoms with Gasteiger partial charge in [-0.05, 0) is 18.3 Å². The largest absolute Gasteiger partial charge is 0.477 e. The Morgan fingerprint density at radius 1 is 1.60 bits per heavy atom. The predicted octanol–water partition coefficient (Wildman–Crippen LogP) is 3.09. The van der Waals surface area contributed by atoms with Crippen LogP contribution in [0.1, 0.15) is 59.4 Å². The average molecular weight is 225 g/mol. The first kappa shape index (κ1) is 10.6. The zero-order chi connectivity index (χ0) is 11.2. The van der Waals surface area contributed by atoms with Gasteiger partial charge in [0.05, 0.1) is 10.7 Å². The fourth-order valence-corrected chi connectivity index (χ4v) is 3.02. The van der Waals surface area contributed by atoms with E-state index >= 15 is 0 Å². The topological polar surface area (TPSA) is 50.2 Å². The predicted molar refractivity (Wildman–Crippen MR) is 59.7 cm³/mol. The lowest BCUT2D eigenvalue weighted by atomic mass is 10.1. The molecule has 0 radical (unpaired) electrons. The molecule has 0 spiro atoms. The fourth-order valence-electron chi connectivity index (χ4n) is 1.72. The number of rotatable bonds is 3. The second-order valence-corrected chi connectivity index (χ2v) is 5.58. The van der Waals surface area contributed by atoms with Crippen molar-refractivity contribution in [1.82, 2.24) is 4.98 Å². The van der Waals surface area contributed by atoms with Crippen LogP contribution in [-0.2, 0) is 0 Å². The summed E-state index contributed by atoms with van der Waals surface area (Å²) >= 11 is 1.36. The highest BCUT2D eigenvalue weighted by Gasteiger charge is 2.38. The van der Waals surface area contributed by atoms with E-state index in [-0.39, 0.29) is 5.92 Å². The first-order chi connectivity index (χ1) is 7.00. The summed E-state index contributed by atoms with van der Waals surface area (Å²) in [6.07, 6.45) is 1.16. The van der Waals surface area contributed by atoms with Gasteiger partial charge in [-0.2, -0.15) is 0 Å². The van der Waals surface area contributed by atoms with Crippen LogP contribution in [0.25, 0.3) is 0 Å². The number of carboxylic acid groups (broad SMARTS) is 1. The second-order valence-electron chi connectivity index (χ2n) is 4.55. The van der Waals surface area contributed by atoms with Crippen LogP contribution in [0.5, 0.6) is 0 Å². The van der Waals surface area contributed by atoms with Gasteiger partial charge in [0.1, 0.15) is 4.88 Å². The summed E-state index contributed by atoms with van der Waals surface area (Å²) in [6, 6.07) is 0. The maximum Gasteiger partial charge on any atom is 0.347 e. The summed E-state index contributed by atoms with van der Waals surface area (Å²) in [5, 5.41) is 10.1. The van der Waals surface area contributed by atoms with Crippen LogP contribution in [-0.4, -0.2) is 16.1 Å². The molecule has 2 rings (SSSR count). The van der Waals surface area contributed by atoms with Gasteiger partial charge >= 0.3 is 5.97 Å². The minimum Gasteiger partial charge on any atom is -0.477 e. The van der Waals surface area contributed by atoms with Crippen LogP contribution in [0.4, 0.5) is 0 Å². The molecular weight excluding hydrogens is 210 g/mol.